The molecule has 3 rings (SSSR count). The van der Waals surface area contributed by atoms with E-state index in [-0.39, 0.29) is 12.6 Å². The van der Waals surface area contributed by atoms with E-state index in [1.807, 2.05) is 25.1 Å². The minimum Gasteiger partial charge on any atom is -0.497 e. The van der Waals surface area contributed by atoms with Crippen LogP contribution in [0.15, 0.2) is 22.7 Å². The van der Waals surface area contributed by atoms with Gasteiger partial charge in [0.25, 0.3) is 0 Å². The Morgan fingerprint density at radius 1 is 1.48 bits per heavy atom. The van der Waals surface area contributed by atoms with Gasteiger partial charge in [0, 0.05) is 6.07 Å². The van der Waals surface area contributed by atoms with E-state index in [0.717, 1.165) is 23.7 Å². The number of ether oxygens (including phenoxy) is 2. The van der Waals surface area contributed by atoms with E-state index in [0.29, 0.717) is 18.3 Å². The molecule has 1 aromatic carbocycles. The van der Waals surface area contributed by atoms with Crippen LogP contribution in [0, 0.1) is 0 Å². The summed E-state index contributed by atoms with van der Waals surface area (Å²) >= 11 is 0. The molecule has 1 atom stereocenters. The lowest BCUT2D eigenvalue weighted by Gasteiger charge is -2.34. The Balaban J connectivity index is 1.88. The molecule has 2 heterocycles. The van der Waals surface area contributed by atoms with Crippen molar-refractivity contribution in [2.45, 2.75) is 26.1 Å². The minimum absolute atomic E-state index is 0.0896. The summed E-state index contributed by atoms with van der Waals surface area (Å²) in [7, 11) is 1.64. The van der Waals surface area contributed by atoms with Crippen LogP contribution < -0.4 is 20.1 Å². The van der Waals surface area contributed by atoms with Gasteiger partial charge in [-0.15, -0.1) is 0 Å². The summed E-state index contributed by atoms with van der Waals surface area (Å²) in [6, 6.07) is 5.75. The monoisotopic (exact) mass is 290 g/mol. The number of fused-ring (bicyclic) bond motifs is 1. The first-order valence-electron chi connectivity index (χ1n) is 6.80. The van der Waals surface area contributed by atoms with E-state index >= 15 is 0 Å². The normalized spacial score (nSPS) is 17.3. The van der Waals surface area contributed by atoms with Crippen LogP contribution in [0.5, 0.6) is 11.5 Å². The Kier molecular flexibility index (Phi) is 3.66. The number of rotatable bonds is 4. The predicted octanol–water partition coefficient (Wildman–Crippen LogP) is 1.32. The lowest BCUT2D eigenvalue weighted by Crippen LogP contribution is -2.38. The average Bonchev–Trinajstić information content (AvgIpc) is 2.94. The molecule has 0 radical (unpaired) electrons. The Bertz CT molecular complexity index is 628. The lowest BCUT2D eigenvalue weighted by molar-refractivity contribution is 0.211. The second-order valence-corrected chi connectivity index (χ2v) is 4.95. The number of methoxy groups -OCH3 is 1. The third-order valence-electron chi connectivity index (χ3n) is 3.33. The first-order chi connectivity index (χ1) is 10.2. The fraction of sp³-hybridized carbons (Fsp3) is 0.429. The topological polar surface area (TPSA) is 86.6 Å². The zero-order valence-corrected chi connectivity index (χ0v) is 12.1. The maximum atomic E-state index is 5.84. The standard InChI is InChI=1S/C14H18N4O3/c1-9-7-18(8-13-16-14(6-15)21-17-13)11-5-10(19-2)3-4-12(11)20-9/h3-5,9H,6-8,15H2,1-2H3. The van der Waals surface area contributed by atoms with Crippen molar-refractivity contribution in [2.75, 3.05) is 18.6 Å². The molecule has 7 nitrogen and oxygen atoms in total. The van der Waals surface area contributed by atoms with Crippen LogP contribution in [0.4, 0.5) is 5.69 Å². The molecule has 2 aromatic rings. The van der Waals surface area contributed by atoms with Crippen LogP contribution in [0.25, 0.3) is 0 Å². The molecule has 21 heavy (non-hydrogen) atoms. The third kappa shape index (κ3) is 2.78. The summed E-state index contributed by atoms with van der Waals surface area (Å²) in [5, 5.41) is 3.94. The quantitative estimate of drug-likeness (QED) is 0.908. The molecule has 0 spiro atoms. The van der Waals surface area contributed by atoms with Gasteiger partial charge in [-0.1, -0.05) is 5.16 Å². The van der Waals surface area contributed by atoms with Crippen LogP contribution in [0.2, 0.25) is 0 Å². The first-order valence-corrected chi connectivity index (χ1v) is 6.80. The van der Waals surface area contributed by atoms with Crippen molar-refractivity contribution in [2.24, 2.45) is 5.73 Å². The highest BCUT2D eigenvalue weighted by Gasteiger charge is 2.25. The number of nitrogens with zero attached hydrogens (tertiary/aromatic N) is 3. The SMILES string of the molecule is COc1ccc2c(c1)N(Cc1noc(CN)n1)CC(C)O2. The van der Waals surface area contributed by atoms with E-state index in [1.54, 1.807) is 7.11 Å². The van der Waals surface area contributed by atoms with Gasteiger partial charge in [0.2, 0.25) is 5.89 Å². The van der Waals surface area contributed by atoms with Crippen molar-refractivity contribution in [1.82, 2.24) is 10.1 Å². The molecule has 2 N–H and O–H groups in total. The van der Waals surface area contributed by atoms with Crippen molar-refractivity contribution in [3.63, 3.8) is 0 Å². The Morgan fingerprint density at radius 3 is 3.05 bits per heavy atom. The molecule has 0 amide bonds. The van der Waals surface area contributed by atoms with Gasteiger partial charge in [-0.05, 0) is 19.1 Å². The van der Waals surface area contributed by atoms with Gasteiger partial charge in [-0.3, -0.25) is 0 Å². The zero-order chi connectivity index (χ0) is 14.8. The molecule has 0 bridgehead atoms. The largest absolute Gasteiger partial charge is 0.497 e. The smallest absolute Gasteiger partial charge is 0.240 e. The Labute approximate surface area is 122 Å². The molecule has 0 fully saturated rings. The Hall–Kier alpha value is -2.28. The van der Waals surface area contributed by atoms with E-state index in [9.17, 15) is 0 Å². The van der Waals surface area contributed by atoms with Gasteiger partial charge in [0.05, 0.1) is 32.4 Å². The summed E-state index contributed by atoms with van der Waals surface area (Å²) in [5.41, 5.74) is 6.45. The van der Waals surface area contributed by atoms with Gasteiger partial charge >= 0.3 is 0 Å². The maximum Gasteiger partial charge on any atom is 0.240 e. The number of benzene rings is 1. The third-order valence-corrected chi connectivity index (χ3v) is 3.33. The van der Waals surface area contributed by atoms with Crippen molar-refractivity contribution in [3.8, 4) is 11.5 Å². The number of hydrogen-bond acceptors (Lipinski definition) is 7. The molecule has 1 aliphatic rings. The summed E-state index contributed by atoms with van der Waals surface area (Å²) in [4.78, 5) is 6.40. The maximum absolute atomic E-state index is 5.84. The average molecular weight is 290 g/mol. The highest BCUT2D eigenvalue weighted by Crippen LogP contribution is 2.36. The van der Waals surface area contributed by atoms with Crippen LogP contribution in [0.1, 0.15) is 18.6 Å². The Morgan fingerprint density at radius 2 is 2.33 bits per heavy atom. The summed E-state index contributed by atoms with van der Waals surface area (Å²) in [6.07, 6.45) is 0.0896. The van der Waals surface area contributed by atoms with Crippen molar-refractivity contribution >= 4 is 5.69 Å². The van der Waals surface area contributed by atoms with Gasteiger partial charge in [-0.2, -0.15) is 4.98 Å². The molecule has 112 valence electrons. The van der Waals surface area contributed by atoms with E-state index < -0.39 is 0 Å². The second kappa shape index (κ2) is 5.61. The second-order valence-electron chi connectivity index (χ2n) is 4.95. The van der Waals surface area contributed by atoms with Crippen LogP contribution in [0.3, 0.4) is 0 Å². The number of nitrogens with two attached hydrogens (primary N) is 1. The van der Waals surface area contributed by atoms with Gasteiger partial charge < -0.3 is 24.6 Å². The molecule has 0 aliphatic carbocycles. The summed E-state index contributed by atoms with van der Waals surface area (Å²) in [5.74, 6) is 2.67. The molecular weight excluding hydrogens is 272 g/mol. The molecule has 0 saturated carbocycles. The van der Waals surface area contributed by atoms with Crippen molar-refractivity contribution in [3.05, 3.63) is 29.9 Å². The van der Waals surface area contributed by atoms with Crippen LogP contribution in [-0.4, -0.2) is 29.9 Å². The first kappa shape index (κ1) is 13.7. The molecule has 1 aromatic heterocycles. The molecule has 1 aliphatic heterocycles. The fourth-order valence-electron chi connectivity index (χ4n) is 2.39. The highest BCUT2D eigenvalue weighted by atomic mass is 16.5. The number of anilines is 1. The minimum atomic E-state index is 0.0896. The highest BCUT2D eigenvalue weighted by molar-refractivity contribution is 5.63. The fourth-order valence-corrected chi connectivity index (χ4v) is 2.39. The van der Waals surface area contributed by atoms with Gasteiger partial charge in [0.15, 0.2) is 5.82 Å². The lowest BCUT2D eigenvalue weighted by atomic mass is 10.2. The molecule has 7 heteroatoms. The van der Waals surface area contributed by atoms with E-state index in [1.165, 1.54) is 0 Å². The van der Waals surface area contributed by atoms with E-state index in [4.69, 9.17) is 19.7 Å². The number of hydrogen-bond donors (Lipinski definition) is 1. The van der Waals surface area contributed by atoms with Crippen molar-refractivity contribution < 1.29 is 14.0 Å². The van der Waals surface area contributed by atoms with E-state index in [2.05, 4.69) is 15.0 Å². The molecule has 0 saturated heterocycles. The molecule has 1 unspecified atom stereocenters. The van der Waals surface area contributed by atoms with Gasteiger partial charge in [0.1, 0.15) is 17.6 Å². The summed E-state index contributed by atoms with van der Waals surface area (Å²) in [6.45, 7) is 3.56. The van der Waals surface area contributed by atoms with Crippen molar-refractivity contribution in [1.29, 1.82) is 0 Å². The van der Waals surface area contributed by atoms with Crippen LogP contribution >= 0.6 is 0 Å². The number of aromatic nitrogens is 2. The summed E-state index contributed by atoms with van der Waals surface area (Å²) < 4.78 is 16.2. The van der Waals surface area contributed by atoms with Crippen LogP contribution in [-0.2, 0) is 13.1 Å². The predicted molar refractivity (Wildman–Crippen MR) is 76.3 cm³/mol. The molecular formula is C14H18N4O3. The zero-order valence-electron chi connectivity index (χ0n) is 12.1. The van der Waals surface area contributed by atoms with Gasteiger partial charge in [-0.25, -0.2) is 0 Å².